The third-order valence-electron chi connectivity index (χ3n) is 5.71. The number of anilines is 1. The van der Waals surface area contributed by atoms with Crippen LogP contribution in [-0.2, 0) is 16.6 Å². The number of aromatic nitrogens is 3. The summed E-state index contributed by atoms with van der Waals surface area (Å²) in [6, 6.07) is 3.28. The molecule has 164 valence electrons. The predicted octanol–water partition coefficient (Wildman–Crippen LogP) is 3.68. The van der Waals surface area contributed by atoms with Crippen LogP contribution in [0.1, 0.15) is 65.0 Å². The van der Waals surface area contributed by atoms with Crippen LogP contribution in [0.2, 0.25) is 0 Å². The largest absolute Gasteiger partial charge is 0.375 e. The van der Waals surface area contributed by atoms with E-state index in [2.05, 4.69) is 15.6 Å². The van der Waals surface area contributed by atoms with Crippen molar-refractivity contribution in [3.05, 3.63) is 39.6 Å². The van der Waals surface area contributed by atoms with Gasteiger partial charge in [0.25, 0.3) is 5.91 Å². The zero-order valence-corrected chi connectivity index (χ0v) is 19.0. The van der Waals surface area contributed by atoms with Crippen LogP contribution in [0.4, 0.5) is 5.69 Å². The molecule has 2 N–H and O–H groups in total. The molecule has 0 bridgehead atoms. The topological polar surface area (TPSA) is 98.1 Å². The van der Waals surface area contributed by atoms with Gasteiger partial charge in [-0.1, -0.05) is 6.42 Å². The van der Waals surface area contributed by atoms with Crippen molar-refractivity contribution in [1.82, 2.24) is 19.9 Å². The fraction of sp³-hybridized carbons (Fsp3) is 0.455. The molecule has 9 heteroatoms. The molecule has 0 aliphatic heterocycles. The van der Waals surface area contributed by atoms with Crippen molar-refractivity contribution in [3.63, 3.8) is 0 Å². The molecule has 2 amide bonds. The van der Waals surface area contributed by atoms with Crippen molar-refractivity contribution in [2.75, 3.05) is 19.0 Å². The van der Waals surface area contributed by atoms with Gasteiger partial charge in [0.1, 0.15) is 12.4 Å². The quantitative estimate of drug-likeness (QED) is 0.583. The highest BCUT2D eigenvalue weighted by atomic mass is 32.1. The fourth-order valence-electron chi connectivity index (χ4n) is 3.90. The fourth-order valence-corrected chi connectivity index (χ4v) is 4.61. The summed E-state index contributed by atoms with van der Waals surface area (Å²) >= 11 is 1.55. The van der Waals surface area contributed by atoms with Crippen LogP contribution in [0.25, 0.3) is 11.0 Å². The molecule has 0 radical (unpaired) electrons. The number of hydrogen-bond donors (Lipinski definition) is 2. The van der Waals surface area contributed by atoms with Gasteiger partial charge < -0.3 is 19.9 Å². The Hall–Kier alpha value is -2.78. The first-order valence-electron chi connectivity index (χ1n) is 10.4. The first kappa shape index (κ1) is 21.5. The molecule has 1 aromatic carbocycles. The van der Waals surface area contributed by atoms with Crippen LogP contribution in [0.5, 0.6) is 0 Å². The molecule has 8 nitrogen and oxygen atoms in total. The lowest BCUT2D eigenvalue weighted by atomic mass is 9.85. The van der Waals surface area contributed by atoms with E-state index in [9.17, 15) is 9.59 Å². The first-order chi connectivity index (χ1) is 14.9. The van der Waals surface area contributed by atoms with Crippen molar-refractivity contribution < 1.29 is 14.3 Å². The number of nitrogens with zero attached hydrogens (tertiary/aromatic N) is 3. The number of carbonyl (C=O) groups is 2. The summed E-state index contributed by atoms with van der Waals surface area (Å²) in [4.78, 5) is 34.7. The minimum atomic E-state index is -0.283. The van der Waals surface area contributed by atoms with Crippen molar-refractivity contribution in [2.45, 2.75) is 45.1 Å². The Balaban J connectivity index is 1.72. The number of imidazole rings is 1. The third-order valence-corrected chi connectivity index (χ3v) is 6.50. The Bertz CT molecular complexity index is 1130. The zero-order chi connectivity index (χ0) is 22.1. The number of nitrogens with one attached hydrogen (secondary N) is 2. The molecule has 0 unspecified atom stereocenters. The van der Waals surface area contributed by atoms with Crippen molar-refractivity contribution >= 4 is 39.9 Å². The average molecular weight is 442 g/mol. The van der Waals surface area contributed by atoms with Crippen LogP contribution < -0.4 is 10.6 Å². The maximum atomic E-state index is 13.3. The van der Waals surface area contributed by atoms with E-state index >= 15 is 0 Å². The number of ether oxygens (including phenoxy) is 1. The van der Waals surface area contributed by atoms with Gasteiger partial charge in [-0.25, -0.2) is 9.97 Å². The smallest absolute Gasteiger partial charge is 0.254 e. The van der Waals surface area contributed by atoms with Gasteiger partial charge in [-0.15, -0.1) is 11.3 Å². The summed E-state index contributed by atoms with van der Waals surface area (Å²) in [5, 5.41) is 8.76. The van der Waals surface area contributed by atoms with Gasteiger partial charge in [0.15, 0.2) is 0 Å². The third kappa shape index (κ3) is 4.33. The maximum Gasteiger partial charge on any atom is 0.254 e. The maximum absolute atomic E-state index is 13.3. The molecule has 1 aliphatic rings. The van der Waals surface area contributed by atoms with Gasteiger partial charge in [-0.3, -0.25) is 9.59 Å². The van der Waals surface area contributed by atoms with Gasteiger partial charge in [0.05, 0.1) is 33.3 Å². The molecular weight excluding hydrogens is 414 g/mol. The number of methoxy groups -OCH3 is 1. The number of carbonyl (C=O) groups excluding carboxylic acids is 2. The standard InChI is InChI=1S/C22H27N5O3S/c1-12(18-11-31-13(2)24-18)23-22(29)16-8-15(25-19(28)10-30-4)9-17-20(16)27(3)21(26-17)14-6-5-7-14/h8-9,11-12,14H,5-7,10H2,1-4H3,(H,23,29)(H,25,28)/t12-/m1/s1. The lowest BCUT2D eigenvalue weighted by molar-refractivity contribution is -0.119. The van der Waals surface area contributed by atoms with Crippen LogP contribution in [0.3, 0.4) is 0 Å². The lowest BCUT2D eigenvalue weighted by Crippen LogP contribution is -2.27. The highest BCUT2D eigenvalue weighted by Gasteiger charge is 2.27. The summed E-state index contributed by atoms with van der Waals surface area (Å²) in [5.74, 6) is 0.888. The molecule has 0 spiro atoms. The van der Waals surface area contributed by atoms with E-state index in [0.717, 1.165) is 34.9 Å². The molecule has 1 atom stereocenters. The minimum absolute atomic E-state index is 0.0602. The second kappa shape index (κ2) is 8.76. The highest BCUT2D eigenvalue weighted by Crippen LogP contribution is 2.38. The Morgan fingerprint density at radius 2 is 2.10 bits per heavy atom. The van der Waals surface area contributed by atoms with Crippen LogP contribution >= 0.6 is 11.3 Å². The summed E-state index contributed by atoms with van der Waals surface area (Å²) in [6.07, 6.45) is 3.41. The number of thiazole rings is 1. The lowest BCUT2D eigenvalue weighted by Gasteiger charge is -2.24. The molecule has 0 saturated heterocycles. The van der Waals surface area contributed by atoms with Crippen molar-refractivity contribution in [1.29, 1.82) is 0 Å². The van der Waals surface area contributed by atoms with Gasteiger partial charge in [-0.05, 0) is 38.8 Å². The number of rotatable bonds is 7. The second-order valence-corrected chi connectivity index (χ2v) is 9.08. The molecule has 2 heterocycles. The SMILES string of the molecule is COCC(=O)Nc1cc(C(=O)N[C@H](C)c2csc(C)n2)c2c(c1)nc(C1CCC1)n2C. The highest BCUT2D eigenvalue weighted by molar-refractivity contribution is 7.09. The van der Waals surface area contributed by atoms with Gasteiger partial charge in [-0.2, -0.15) is 0 Å². The predicted molar refractivity (Wildman–Crippen MR) is 121 cm³/mol. The van der Waals surface area contributed by atoms with E-state index in [4.69, 9.17) is 9.72 Å². The molecule has 1 saturated carbocycles. The van der Waals surface area contributed by atoms with Crippen LogP contribution in [-0.4, -0.2) is 40.1 Å². The Kier molecular flexibility index (Phi) is 6.06. The summed E-state index contributed by atoms with van der Waals surface area (Å²) in [6.45, 7) is 3.79. The van der Waals surface area contributed by atoms with E-state index in [1.807, 2.05) is 36.9 Å². The first-order valence-corrected chi connectivity index (χ1v) is 11.3. The molecule has 4 rings (SSSR count). The number of benzene rings is 1. The minimum Gasteiger partial charge on any atom is -0.375 e. The summed E-state index contributed by atoms with van der Waals surface area (Å²) < 4.78 is 6.92. The second-order valence-electron chi connectivity index (χ2n) is 8.02. The Morgan fingerprint density at radius 3 is 2.71 bits per heavy atom. The molecule has 1 aliphatic carbocycles. The summed E-state index contributed by atoms with van der Waals surface area (Å²) in [5.41, 5.74) is 3.30. The van der Waals surface area contributed by atoms with Gasteiger partial charge >= 0.3 is 0 Å². The van der Waals surface area contributed by atoms with E-state index in [0.29, 0.717) is 22.7 Å². The van der Waals surface area contributed by atoms with E-state index < -0.39 is 0 Å². The van der Waals surface area contributed by atoms with Gasteiger partial charge in [0, 0.05) is 31.1 Å². The number of hydrogen-bond acceptors (Lipinski definition) is 6. The number of aryl methyl sites for hydroxylation is 2. The summed E-state index contributed by atoms with van der Waals surface area (Å²) in [7, 11) is 3.42. The number of amides is 2. The van der Waals surface area contributed by atoms with Crippen LogP contribution in [0.15, 0.2) is 17.5 Å². The van der Waals surface area contributed by atoms with Gasteiger partial charge in [0.2, 0.25) is 5.91 Å². The van der Waals surface area contributed by atoms with Crippen molar-refractivity contribution in [2.24, 2.45) is 7.05 Å². The molecule has 3 aromatic rings. The van der Waals surface area contributed by atoms with E-state index in [-0.39, 0.29) is 24.5 Å². The molecular formula is C22H27N5O3S. The Morgan fingerprint density at radius 1 is 1.32 bits per heavy atom. The monoisotopic (exact) mass is 441 g/mol. The molecule has 1 fully saturated rings. The molecule has 2 aromatic heterocycles. The normalized spacial score (nSPS) is 15.0. The number of fused-ring (bicyclic) bond motifs is 1. The van der Waals surface area contributed by atoms with E-state index in [1.54, 1.807) is 17.4 Å². The van der Waals surface area contributed by atoms with Crippen molar-refractivity contribution in [3.8, 4) is 0 Å². The molecule has 31 heavy (non-hydrogen) atoms. The zero-order valence-electron chi connectivity index (χ0n) is 18.2. The Labute approximate surface area is 185 Å². The van der Waals surface area contributed by atoms with Crippen LogP contribution in [0, 0.1) is 6.92 Å². The average Bonchev–Trinajstić information content (AvgIpc) is 3.24. The van der Waals surface area contributed by atoms with E-state index in [1.165, 1.54) is 13.5 Å².